The molecule has 8 nitrogen and oxygen atoms in total. The molecule has 0 radical (unpaired) electrons. The summed E-state index contributed by atoms with van der Waals surface area (Å²) in [5.41, 5.74) is 4.31. The van der Waals surface area contributed by atoms with Crippen LogP contribution < -0.4 is 25.0 Å². The van der Waals surface area contributed by atoms with Gasteiger partial charge >= 0.3 is 0 Å². The molecule has 8 heteroatoms. The van der Waals surface area contributed by atoms with Gasteiger partial charge in [-0.05, 0) is 48.5 Å². The van der Waals surface area contributed by atoms with Crippen molar-refractivity contribution >= 4 is 34.6 Å². The maximum absolute atomic E-state index is 13.2. The molecule has 180 valence electrons. The van der Waals surface area contributed by atoms with Gasteiger partial charge in [-0.1, -0.05) is 30.3 Å². The van der Waals surface area contributed by atoms with E-state index in [2.05, 4.69) is 10.6 Å². The fourth-order valence-electron chi connectivity index (χ4n) is 4.07. The van der Waals surface area contributed by atoms with Crippen LogP contribution in [-0.2, 0) is 9.59 Å². The molecule has 3 aromatic carbocycles. The SMILES string of the molecule is CNCC(=O)N(C)c1ccc(N=C(c2ccccc2)C2C(=O)Nc3cc(OC)c(OC)cc32)cc1. The zero-order valence-corrected chi connectivity index (χ0v) is 20.2. The van der Waals surface area contributed by atoms with Crippen LogP contribution in [0.4, 0.5) is 17.1 Å². The first-order chi connectivity index (χ1) is 17.0. The lowest BCUT2D eigenvalue weighted by Crippen LogP contribution is -2.33. The number of aliphatic imine (C=N–C) groups is 1. The van der Waals surface area contributed by atoms with Gasteiger partial charge in [-0.3, -0.25) is 14.6 Å². The van der Waals surface area contributed by atoms with E-state index in [-0.39, 0.29) is 18.4 Å². The van der Waals surface area contributed by atoms with Gasteiger partial charge in [0.1, 0.15) is 5.92 Å². The van der Waals surface area contributed by atoms with Crippen LogP contribution >= 0.6 is 0 Å². The largest absolute Gasteiger partial charge is 0.493 e. The van der Waals surface area contributed by atoms with Gasteiger partial charge in [-0.2, -0.15) is 0 Å². The first-order valence-corrected chi connectivity index (χ1v) is 11.2. The van der Waals surface area contributed by atoms with E-state index in [1.54, 1.807) is 39.3 Å². The predicted octanol–water partition coefficient (Wildman–Crippen LogP) is 3.74. The normalized spacial score (nSPS) is 14.8. The molecule has 1 atom stereocenters. The molecule has 0 fully saturated rings. The summed E-state index contributed by atoms with van der Waals surface area (Å²) in [7, 11) is 6.59. The number of hydrogen-bond donors (Lipinski definition) is 2. The van der Waals surface area contributed by atoms with Gasteiger partial charge in [-0.15, -0.1) is 0 Å². The van der Waals surface area contributed by atoms with E-state index in [1.165, 1.54) is 0 Å². The van der Waals surface area contributed by atoms with Gasteiger partial charge in [0.15, 0.2) is 11.5 Å². The minimum Gasteiger partial charge on any atom is -0.493 e. The number of methoxy groups -OCH3 is 2. The van der Waals surface area contributed by atoms with Crippen LogP contribution in [0.3, 0.4) is 0 Å². The molecular formula is C27H28N4O4. The Labute approximate surface area is 204 Å². The van der Waals surface area contributed by atoms with Crippen molar-refractivity contribution in [3.8, 4) is 11.5 Å². The monoisotopic (exact) mass is 472 g/mol. The summed E-state index contributed by atoms with van der Waals surface area (Å²) in [6, 6.07) is 20.6. The molecule has 1 aliphatic heterocycles. The molecule has 0 spiro atoms. The Balaban J connectivity index is 1.77. The number of carbonyl (C=O) groups excluding carboxylic acids is 2. The van der Waals surface area contributed by atoms with Crippen molar-refractivity contribution in [3.63, 3.8) is 0 Å². The van der Waals surface area contributed by atoms with E-state index < -0.39 is 5.92 Å². The van der Waals surface area contributed by atoms with Gasteiger partial charge in [-0.25, -0.2) is 0 Å². The lowest BCUT2D eigenvalue weighted by atomic mass is 9.90. The summed E-state index contributed by atoms with van der Waals surface area (Å²) >= 11 is 0. The molecule has 2 N–H and O–H groups in total. The van der Waals surface area contributed by atoms with Crippen LogP contribution in [0.2, 0.25) is 0 Å². The quantitative estimate of drug-likeness (QED) is 0.488. The van der Waals surface area contributed by atoms with Crippen LogP contribution in [0.15, 0.2) is 71.7 Å². The number of rotatable bonds is 8. The minimum absolute atomic E-state index is 0.0441. The lowest BCUT2D eigenvalue weighted by Gasteiger charge is -2.18. The van der Waals surface area contributed by atoms with Crippen LogP contribution in [0.5, 0.6) is 11.5 Å². The third kappa shape index (κ3) is 4.88. The summed E-state index contributed by atoms with van der Waals surface area (Å²) in [4.78, 5) is 31.9. The molecular weight excluding hydrogens is 444 g/mol. The highest BCUT2D eigenvalue weighted by Gasteiger charge is 2.36. The fraction of sp³-hybridized carbons (Fsp3) is 0.222. The van der Waals surface area contributed by atoms with E-state index in [4.69, 9.17) is 14.5 Å². The Morgan fingerprint density at radius 1 is 1.03 bits per heavy atom. The summed E-state index contributed by atoms with van der Waals surface area (Å²) < 4.78 is 10.9. The second-order valence-electron chi connectivity index (χ2n) is 8.08. The summed E-state index contributed by atoms with van der Waals surface area (Å²) in [6.07, 6.45) is 0. The van der Waals surface area contributed by atoms with Crippen molar-refractivity contribution in [1.29, 1.82) is 0 Å². The first kappa shape index (κ1) is 24.0. The average Bonchev–Trinajstić information content (AvgIpc) is 3.21. The predicted molar refractivity (Wildman–Crippen MR) is 137 cm³/mol. The summed E-state index contributed by atoms with van der Waals surface area (Å²) in [5.74, 6) is 0.229. The number of anilines is 2. The Morgan fingerprint density at radius 3 is 2.31 bits per heavy atom. The first-order valence-electron chi connectivity index (χ1n) is 11.2. The van der Waals surface area contributed by atoms with E-state index >= 15 is 0 Å². The third-order valence-corrected chi connectivity index (χ3v) is 5.92. The second kappa shape index (κ2) is 10.4. The molecule has 0 aromatic heterocycles. The van der Waals surface area contributed by atoms with Crippen molar-refractivity contribution < 1.29 is 19.1 Å². The molecule has 4 rings (SSSR count). The standard InChI is InChI=1S/C27H28N4O4/c1-28-16-24(32)31(2)19-12-10-18(11-13-19)29-26(17-8-6-5-7-9-17)25-20-14-22(34-3)23(35-4)15-21(20)30-27(25)33/h5-15,25,28H,16H2,1-4H3,(H,30,33). The molecule has 0 saturated heterocycles. The molecule has 1 unspecified atom stereocenters. The zero-order valence-electron chi connectivity index (χ0n) is 20.2. The summed E-state index contributed by atoms with van der Waals surface area (Å²) in [6.45, 7) is 0.249. The Bertz CT molecular complexity index is 1260. The second-order valence-corrected chi connectivity index (χ2v) is 8.08. The smallest absolute Gasteiger partial charge is 0.240 e. The number of nitrogens with zero attached hydrogens (tertiary/aromatic N) is 2. The molecule has 1 heterocycles. The number of ether oxygens (including phenoxy) is 2. The topological polar surface area (TPSA) is 92.3 Å². The molecule has 0 bridgehead atoms. The Hall–Kier alpha value is -4.17. The van der Waals surface area contributed by atoms with E-state index in [0.29, 0.717) is 28.6 Å². The van der Waals surface area contributed by atoms with Crippen LogP contribution in [0.1, 0.15) is 17.0 Å². The number of hydrogen-bond acceptors (Lipinski definition) is 6. The molecule has 0 saturated carbocycles. The highest BCUT2D eigenvalue weighted by atomic mass is 16.5. The van der Waals surface area contributed by atoms with Crippen molar-refractivity contribution in [2.24, 2.45) is 4.99 Å². The molecule has 1 aliphatic rings. The number of nitrogens with one attached hydrogen (secondary N) is 2. The highest BCUT2D eigenvalue weighted by Crippen LogP contribution is 2.42. The maximum atomic E-state index is 13.2. The number of benzene rings is 3. The average molecular weight is 473 g/mol. The highest BCUT2D eigenvalue weighted by molar-refractivity contribution is 6.24. The van der Waals surface area contributed by atoms with Crippen LogP contribution in [0.25, 0.3) is 0 Å². The Morgan fingerprint density at radius 2 is 1.69 bits per heavy atom. The lowest BCUT2D eigenvalue weighted by molar-refractivity contribution is -0.117. The molecule has 35 heavy (non-hydrogen) atoms. The molecule has 0 aliphatic carbocycles. The number of carbonyl (C=O) groups is 2. The Kier molecular flexibility index (Phi) is 7.12. The van der Waals surface area contributed by atoms with E-state index in [1.807, 2.05) is 60.7 Å². The fourth-order valence-corrected chi connectivity index (χ4v) is 4.07. The molecule has 2 amide bonds. The van der Waals surface area contributed by atoms with Crippen molar-refractivity contribution in [2.75, 3.05) is 45.1 Å². The van der Waals surface area contributed by atoms with E-state index in [9.17, 15) is 9.59 Å². The minimum atomic E-state index is -0.633. The van der Waals surface area contributed by atoms with Gasteiger partial charge in [0.2, 0.25) is 11.8 Å². The third-order valence-electron chi connectivity index (χ3n) is 5.92. The van der Waals surface area contributed by atoms with E-state index in [0.717, 1.165) is 16.8 Å². The van der Waals surface area contributed by atoms with Gasteiger partial charge in [0.25, 0.3) is 0 Å². The van der Waals surface area contributed by atoms with Crippen LogP contribution in [-0.4, -0.2) is 52.4 Å². The van der Waals surface area contributed by atoms with Crippen LogP contribution in [0, 0.1) is 0 Å². The number of amides is 2. The molecule has 3 aromatic rings. The summed E-state index contributed by atoms with van der Waals surface area (Å²) in [5, 5.41) is 5.82. The zero-order chi connectivity index (χ0) is 24.9. The van der Waals surface area contributed by atoms with Gasteiger partial charge in [0.05, 0.1) is 32.2 Å². The van der Waals surface area contributed by atoms with Gasteiger partial charge < -0.3 is 25.0 Å². The van der Waals surface area contributed by atoms with Gasteiger partial charge in [0, 0.05) is 24.5 Å². The maximum Gasteiger partial charge on any atom is 0.240 e. The van der Waals surface area contributed by atoms with Crippen molar-refractivity contribution in [1.82, 2.24) is 5.32 Å². The number of fused-ring (bicyclic) bond motifs is 1. The van der Waals surface area contributed by atoms with Crippen molar-refractivity contribution in [3.05, 3.63) is 77.9 Å². The number of likely N-dealkylation sites (N-methyl/N-ethyl adjacent to an activating group) is 2. The van der Waals surface area contributed by atoms with Crippen molar-refractivity contribution in [2.45, 2.75) is 5.92 Å².